The average Bonchev–Trinajstić information content (AvgIpc) is 2.69. The number of nitrogens with two attached hydrogens (primary N) is 1. The lowest BCUT2D eigenvalue weighted by atomic mass is 9.85. The van der Waals surface area contributed by atoms with Crippen LogP contribution in [-0.2, 0) is 0 Å². The molecule has 0 bridgehead atoms. The Labute approximate surface area is 117 Å². The van der Waals surface area contributed by atoms with Crippen molar-refractivity contribution < 1.29 is 13.2 Å². The topological polar surface area (TPSA) is 53.6 Å². The summed E-state index contributed by atoms with van der Waals surface area (Å²) in [6.45, 7) is 1.51. The van der Waals surface area contributed by atoms with Crippen molar-refractivity contribution in [3.8, 4) is 0 Å². The highest BCUT2D eigenvalue weighted by Gasteiger charge is 2.34. The lowest BCUT2D eigenvalue weighted by Gasteiger charge is -2.25. The Hall–Kier alpha value is -0.980. The molecule has 7 heteroatoms. The molecule has 1 aliphatic heterocycles. The molecule has 20 heavy (non-hydrogen) atoms. The Balaban J connectivity index is 1.63. The van der Waals surface area contributed by atoms with Crippen molar-refractivity contribution in [3.05, 3.63) is 0 Å². The number of aliphatic imine (C=N–C) groups is 1. The fraction of sp³-hybridized carbons (Fsp3) is 0.923. The highest BCUT2D eigenvalue weighted by atomic mass is 19.4. The first kappa shape index (κ1) is 15.4. The first-order valence-corrected chi connectivity index (χ1v) is 7.25. The third-order valence-electron chi connectivity index (χ3n) is 4.09. The number of nitrogens with one attached hydrogen (secondary N) is 1. The summed E-state index contributed by atoms with van der Waals surface area (Å²) in [4.78, 5) is 5.69. The smallest absolute Gasteiger partial charge is 0.370 e. The molecule has 0 aromatic rings. The Kier molecular flexibility index (Phi) is 5.12. The molecule has 1 saturated heterocycles. The van der Waals surface area contributed by atoms with Gasteiger partial charge >= 0.3 is 6.18 Å². The van der Waals surface area contributed by atoms with Crippen molar-refractivity contribution in [2.75, 3.05) is 32.7 Å². The quantitative estimate of drug-likeness (QED) is 0.597. The minimum absolute atomic E-state index is 0.182. The van der Waals surface area contributed by atoms with Crippen LogP contribution in [0.4, 0.5) is 13.2 Å². The number of alkyl halides is 3. The molecular weight excluding hydrogens is 269 g/mol. The van der Waals surface area contributed by atoms with E-state index in [2.05, 4.69) is 10.3 Å². The minimum atomic E-state index is -4.11. The van der Waals surface area contributed by atoms with Crippen molar-refractivity contribution in [1.82, 2.24) is 10.2 Å². The predicted octanol–water partition coefficient (Wildman–Crippen LogP) is 1.57. The standard InChI is InChI=1S/C13H23F3N4/c14-13(15,16)9-20-5-4-11(8-20)7-19-12(17)18-6-10-2-1-3-10/h10-11H,1-9H2,(H3,17,18,19). The van der Waals surface area contributed by atoms with Gasteiger partial charge in [-0.1, -0.05) is 6.42 Å². The van der Waals surface area contributed by atoms with Crippen LogP contribution in [0.1, 0.15) is 25.7 Å². The predicted molar refractivity (Wildman–Crippen MR) is 72.4 cm³/mol. The van der Waals surface area contributed by atoms with Gasteiger partial charge < -0.3 is 11.1 Å². The maximum atomic E-state index is 12.3. The van der Waals surface area contributed by atoms with Gasteiger partial charge in [-0.05, 0) is 37.6 Å². The Morgan fingerprint density at radius 2 is 2.00 bits per heavy atom. The van der Waals surface area contributed by atoms with Crippen LogP contribution in [0, 0.1) is 11.8 Å². The molecule has 2 rings (SSSR count). The molecule has 2 aliphatic rings. The third kappa shape index (κ3) is 5.19. The minimum Gasteiger partial charge on any atom is -0.370 e. The summed E-state index contributed by atoms with van der Waals surface area (Å²) in [6.07, 6.45) is 0.433. The van der Waals surface area contributed by atoms with Crippen LogP contribution >= 0.6 is 0 Å². The first-order valence-electron chi connectivity index (χ1n) is 7.25. The normalized spacial score (nSPS) is 25.8. The number of nitrogens with zero attached hydrogens (tertiary/aromatic N) is 2. The summed E-state index contributed by atoms with van der Waals surface area (Å²) in [7, 11) is 0. The molecule has 1 saturated carbocycles. The Morgan fingerprint density at radius 3 is 2.60 bits per heavy atom. The molecular formula is C13H23F3N4. The molecule has 0 aromatic heterocycles. The second kappa shape index (κ2) is 6.65. The van der Waals surface area contributed by atoms with Crippen molar-refractivity contribution >= 4 is 5.96 Å². The summed E-state index contributed by atoms with van der Waals surface area (Å²) in [6, 6.07) is 0. The summed E-state index contributed by atoms with van der Waals surface area (Å²) in [5, 5.41) is 3.09. The fourth-order valence-corrected chi connectivity index (χ4v) is 2.69. The fourth-order valence-electron chi connectivity index (χ4n) is 2.69. The maximum Gasteiger partial charge on any atom is 0.401 e. The van der Waals surface area contributed by atoms with Crippen LogP contribution in [0.15, 0.2) is 4.99 Å². The first-order chi connectivity index (χ1) is 9.42. The lowest BCUT2D eigenvalue weighted by molar-refractivity contribution is -0.143. The lowest BCUT2D eigenvalue weighted by Crippen LogP contribution is -2.37. The summed E-state index contributed by atoms with van der Waals surface area (Å²) >= 11 is 0. The molecule has 0 aromatic carbocycles. The second-order valence-electron chi connectivity index (χ2n) is 5.91. The molecule has 3 N–H and O–H groups in total. The van der Waals surface area contributed by atoms with Gasteiger partial charge in [0, 0.05) is 19.6 Å². The summed E-state index contributed by atoms with van der Waals surface area (Å²) < 4.78 is 36.8. The highest BCUT2D eigenvalue weighted by Crippen LogP contribution is 2.25. The number of hydrogen-bond acceptors (Lipinski definition) is 2. The average molecular weight is 292 g/mol. The van der Waals surface area contributed by atoms with Gasteiger partial charge in [-0.2, -0.15) is 13.2 Å². The zero-order chi connectivity index (χ0) is 14.6. The zero-order valence-corrected chi connectivity index (χ0v) is 11.6. The van der Waals surface area contributed by atoms with Crippen LogP contribution < -0.4 is 11.1 Å². The van der Waals surface area contributed by atoms with Gasteiger partial charge in [-0.3, -0.25) is 9.89 Å². The molecule has 0 radical (unpaired) electrons. The van der Waals surface area contributed by atoms with Gasteiger partial charge in [-0.15, -0.1) is 0 Å². The van der Waals surface area contributed by atoms with Crippen molar-refractivity contribution in [2.24, 2.45) is 22.6 Å². The SMILES string of the molecule is NC(=NCC1CCN(CC(F)(F)F)C1)NCC1CCC1. The van der Waals surface area contributed by atoms with E-state index in [-0.39, 0.29) is 5.92 Å². The van der Waals surface area contributed by atoms with Gasteiger partial charge in [0.05, 0.1) is 6.54 Å². The number of likely N-dealkylation sites (tertiary alicyclic amines) is 1. The number of hydrogen-bond donors (Lipinski definition) is 2. The number of halogens is 3. The van der Waals surface area contributed by atoms with E-state index in [0.717, 1.165) is 13.0 Å². The van der Waals surface area contributed by atoms with Gasteiger partial charge in [0.15, 0.2) is 5.96 Å². The van der Waals surface area contributed by atoms with Crippen LogP contribution in [0.2, 0.25) is 0 Å². The van der Waals surface area contributed by atoms with E-state index in [1.165, 1.54) is 24.2 Å². The van der Waals surface area contributed by atoms with Gasteiger partial charge in [-0.25, -0.2) is 0 Å². The van der Waals surface area contributed by atoms with Gasteiger partial charge in [0.1, 0.15) is 0 Å². The van der Waals surface area contributed by atoms with Crippen molar-refractivity contribution in [3.63, 3.8) is 0 Å². The molecule has 1 unspecified atom stereocenters. The molecule has 0 amide bonds. The molecule has 116 valence electrons. The van der Waals surface area contributed by atoms with E-state index in [4.69, 9.17) is 5.73 Å². The van der Waals surface area contributed by atoms with Crippen molar-refractivity contribution in [2.45, 2.75) is 31.9 Å². The molecule has 1 aliphatic carbocycles. The molecule has 4 nitrogen and oxygen atoms in total. The molecule has 2 fully saturated rings. The van der Waals surface area contributed by atoms with Crippen molar-refractivity contribution in [1.29, 1.82) is 0 Å². The number of guanidine groups is 1. The number of rotatable bonds is 5. The van der Waals surface area contributed by atoms with E-state index < -0.39 is 12.7 Å². The molecule has 1 atom stereocenters. The van der Waals surface area contributed by atoms with Gasteiger partial charge in [0.2, 0.25) is 0 Å². The Bertz CT molecular complexity index is 339. The van der Waals surface area contributed by atoms with Crippen LogP contribution in [0.25, 0.3) is 0 Å². The van der Waals surface area contributed by atoms with E-state index in [0.29, 0.717) is 31.5 Å². The largest absolute Gasteiger partial charge is 0.401 e. The van der Waals surface area contributed by atoms with E-state index in [1.54, 1.807) is 0 Å². The second-order valence-corrected chi connectivity index (χ2v) is 5.91. The van der Waals surface area contributed by atoms with Crippen LogP contribution in [0.5, 0.6) is 0 Å². The van der Waals surface area contributed by atoms with Gasteiger partial charge in [0.25, 0.3) is 0 Å². The summed E-state index contributed by atoms with van der Waals surface area (Å²) in [5.41, 5.74) is 5.76. The Morgan fingerprint density at radius 1 is 1.25 bits per heavy atom. The zero-order valence-electron chi connectivity index (χ0n) is 11.6. The van der Waals surface area contributed by atoms with Crippen LogP contribution in [-0.4, -0.2) is 49.8 Å². The van der Waals surface area contributed by atoms with E-state index >= 15 is 0 Å². The van der Waals surface area contributed by atoms with E-state index in [9.17, 15) is 13.2 Å². The van der Waals surface area contributed by atoms with E-state index in [1.807, 2.05) is 0 Å². The highest BCUT2D eigenvalue weighted by molar-refractivity contribution is 5.77. The molecule has 0 spiro atoms. The maximum absolute atomic E-state index is 12.3. The monoisotopic (exact) mass is 292 g/mol. The van der Waals surface area contributed by atoms with Crippen LogP contribution in [0.3, 0.4) is 0 Å². The third-order valence-corrected chi connectivity index (χ3v) is 4.09. The summed E-state index contributed by atoms with van der Waals surface area (Å²) in [5.74, 6) is 1.31. The molecule has 1 heterocycles.